The van der Waals surface area contributed by atoms with E-state index in [9.17, 15) is 9.90 Å². The quantitative estimate of drug-likeness (QED) is 0.304. The van der Waals surface area contributed by atoms with Gasteiger partial charge in [-0.25, -0.2) is 18.6 Å². The van der Waals surface area contributed by atoms with Crippen molar-refractivity contribution in [2.75, 3.05) is 19.7 Å². The fourth-order valence-corrected chi connectivity index (χ4v) is 5.35. The van der Waals surface area contributed by atoms with Crippen LogP contribution in [-0.4, -0.2) is 51.3 Å². The maximum Gasteiger partial charge on any atom is 0.407 e. The van der Waals surface area contributed by atoms with Gasteiger partial charge in [0.2, 0.25) is 0 Å². The molecular weight excluding hydrogens is 508 g/mol. The number of fused-ring (bicyclic) bond motifs is 1. The number of carboxylic acid groups (broad SMARTS) is 1. The molecule has 6 nitrogen and oxygen atoms in total. The summed E-state index contributed by atoms with van der Waals surface area (Å²) in [4.78, 5) is 17.7. The highest BCUT2D eigenvalue weighted by Gasteiger charge is 2.28. The van der Waals surface area contributed by atoms with Crippen LogP contribution in [0.25, 0.3) is 16.9 Å². The van der Waals surface area contributed by atoms with Gasteiger partial charge < -0.3 is 19.1 Å². The number of rotatable bonds is 6. The smallest absolute Gasteiger partial charge is 0.407 e. The van der Waals surface area contributed by atoms with Crippen molar-refractivity contribution in [1.82, 2.24) is 14.3 Å². The molecule has 0 radical (unpaired) electrons. The zero-order valence-corrected chi connectivity index (χ0v) is 20.6. The Kier molecular flexibility index (Phi) is 7.13. The molecule has 2 aromatic heterocycles. The van der Waals surface area contributed by atoms with Crippen molar-refractivity contribution in [3.05, 3.63) is 88.7 Å². The van der Waals surface area contributed by atoms with Gasteiger partial charge in [0.25, 0.3) is 0 Å². The van der Waals surface area contributed by atoms with Gasteiger partial charge in [-0.05, 0) is 23.8 Å². The molecule has 1 aliphatic heterocycles. The number of hydrogen-bond acceptors (Lipinski definition) is 4. The number of amides is 1. The predicted octanol–water partition coefficient (Wildman–Crippen LogP) is 6.15. The lowest BCUT2D eigenvalue weighted by molar-refractivity contribution is -0.0214. The number of benzene rings is 2. The lowest BCUT2D eigenvalue weighted by Crippen LogP contribution is -2.45. The van der Waals surface area contributed by atoms with E-state index in [-0.39, 0.29) is 37.4 Å². The molecule has 186 valence electrons. The maximum absolute atomic E-state index is 15.4. The van der Waals surface area contributed by atoms with Crippen LogP contribution in [0.2, 0.25) is 5.02 Å². The van der Waals surface area contributed by atoms with Crippen molar-refractivity contribution >= 4 is 35.1 Å². The van der Waals surface area contributed by atoms with Crippen molar-refractivity contribution in [2.24, 2.45) is 0 Å². The molecule has 10 heteroatoms. The number of pyridine rings is 1. The molecule has 3 heterocycles. The van der Waals surface area contributed by atoms with E-state index < -0.39 is 23.8 Å². The SMILES string of the molecule is O=C(O)N1CCOC(Cc2c(-c3c(F)cc(SCc4ccccc4)cc3F)nc3cc(Cl)ccn23)C1. The first-order valence-electron chi connectivity index (χ1n) is 11.3. The van der Waals surface area contributed by atoms with Gasteiger partial charge in [-0.15, -0.1) is 11.8 Å². The van der Waals surface area contributed by atoms with Crippen LogP contribution in [0.3, 0.4) is 0 Å². The number of ether oxygens (including phenoxy) is 1. The zero-order chi connectivity index (χ0) is 25.2. The third-order valence-electron chi connectivity index (χ3n) is 6.02. The van der Waals surface area contributed by atoms with Crippen LogP contribution in [0, 0.1) is 11.6 Å². The van der Waals surface area contributed by atoms with E-state index >= 15 is 8.78 Å². The van der Waals surface area contributed by atoms with Gasteiger partial charge in [0.05, 0.1) is 36.2 Å². The first-order chi connectivity index (χ1) is 17.4. The first kappa shape index (κ1) is 24.5. The normalized spacial score (nSPS) is 16.0. The summed E-state index contributed by atoms with van der Waals surface area (Å²) in [5.41, 5.74) is 1.90. The maximum atomic E-state index is 15.4. The van der Waals surface area contributed by atoms with Crippen molar-refractivity contribution in [1.29, 1.82) is 0 Å². The van der Waals surface area contributed by atoms with Gasteiger partial charge >= 0.3 is 6.09 Å². The Morgan fingerprint density at radius 3 is 2.64 bits per heavy atom. The predicted molar refractivity (Wildman–Crippen MR) is 135 cm³/mol. The minimum absolute atomic E-state index is 0.142. The Hall–Kier alpha value is -3.14. The topological polar surface area (TPSA) is 67.1 Å². The number of hydrogen-bond donors (Lipinski definition) is 1. The molecule has 1 atom stereocenters. The molecule has 1 N–H and O–H groups in total. The number of thioether (sulfide) groups is 1. The summed E-state index contributed by atoms with van der Waals surface area (Å²) < 4.78 is 38.3. The fraction of sp³-hybridized carbons (Fsp3) is 0.231. The molecule has 1 unspecified atom stereocenters. The number of morpholine rings is 1. The van der Waals surface area contributed by atoms with Crippen LogP contribution >= 0.6 is 23.4 Å². The van der Waals surface area contributed by atoms with Crippen LogP contribution in [-0.2, 0) is 16.9 Å². The monoisotopic (exact) mass is 529 g/mol. The second-order valence-corrected chi connectivity index (χ2v) is 9.93. The number of nitrogens with zero attached hydrogens (tertiary/aromatic N) is 3. The number of carbonyl (C=O) groups is 1. The molecular formula is C26H22ClF2N3O3S. The Bertz CT molecular complexity index is 1390. The average molecular weight is 530 g/mol. The lowest BCUT2D eigenvalue weighted by atomic mass is 10.0. The average Bonchev–Trinajstić information content (AvgIpc) is 3.19. The first-order valence-corrected chi connectivity index (χ1v) is 12.7. The van der Waals surface area contributed by atoms with Crippen LogP contribution in [0.1, 0.15) is 11.3 Å². The van der Waals surface area contributed by atoms with Gasteiger partial charge in [0.1, 0.15) is 17.3 Å². The van der Waals surface area contributed by atoms with Crippen LogP contribution < -0.4 is 0 Å². The van der Waals surface area contributed by atoms with Crippen LogP contribution in [0.15, 0.2) is 65.7 Å². The largest absolute Gasteiger partial charge is 0.465 e. The van der Waals surface area contributed by atoms with E-state index in [0.717, 1.165) is 5.56 Å². The highest BCUT2D eigenvalue weighted by molar-refractivity contribution is 7.98. The van der Waals surface area contributed by atoms with E-state index in [0.29, 0.717) is 27.0 Å². The molecule has 5 rings (SSSR count). The summed E-state index contributed by atoms with van der Waals surface area (Å²) in [6, 6.07) is 15.6. The molecule has 1 aliphatic rings. The van der Waals surface area contributed by atoms with E-state index in [1.54, 1.807) is 22.7 Å². The molecule has 4 aromatic rings. The van der Waals surface area contributed by atoms with Crippen LogP contribution in [0.4, 0.5) is 13.6 Å². The minimum atomic E-state index is -1.03. The second kappa shape index (κ2) is 10.5. The summed E-state index contributed by atoms with van der Waals surface area (Å²) >= 11 is 7.48. The second-order valence-electron chi connectivity index (χ2n) is 8.44. The standard InChI is InChI=1S/C26H22ClF2N3O3S/c27-17-6-7-32-22(11-18-14-31(26(33)34)8-9-35-18)25(30-23(32)10-17)24-20(28)12-19(13-21(24)29)36-15-16-4-2-1-3-5-16/h1-7,10,12-13,18H,8-9,11,14-15H2,(H,33,34). The van der Waals surface area contributed by atoms with Crippen molar-refractivity contribution in [3.63, 3.8) is 0 Å². The lowest BCUT2D eigenvalue weighted by Gasteiger charge is -2.31. The van der Waals surface area contributed by atoms with Gasteiger partial charge in [-0.1, -0.05) is 41.9 Å². The molecule has 1 fully saturated rings. The van der Waals surface area contributed by atoms with Gasteiger partial charge in [0.15, 0.2) is 0 Å². The molecule has 2 aromatic carbocycles. The Balaban J connectivity index is 1.50. The van der Waals surface area contributed by atoms with Crippen molar-refractivity contribution in [3.8, 4) is 11.3 Å². The van der Waals surface area contributed by atoms with Gasteiger partial charge in [0, 0.05) is 40.9 Å². The Morgan fingerprint density at radius 1 is 1.17 bits per heavy atom. The summed E-state index contributed by atoms with van der Waals surface area (Å²) in [7, 11) is 0. The highest BCUT2D eigenvalue weighted by Crippen LogP contribution is 2.35. The van der Waals surface area contributed by atoms with E-state index in [1.165, 1.54) is 28.8 Å². The number of imidazole rings is 1. The van der Waals surface area contributed by atoms with E-state index in [2.05, 4.69) is 4.98 Å². The zero-order valence-electron chi connectivity index (χ0n) is 19.0. The third-order valence-corrected chi connectivity index (χ3v) is 7.30. The molecule has 0 bridgehead atoms. The molecule has 36 heavy (non-hydrogen) atoms. The number of halogens is 3. The minimum Gasteiger partial charge on any atom is -0.465 e. The summed E-state index contributed by atoms with van der Waals surface area (Å²) in [6.07, 6.45) is 0.372. The summed E-state index contributed by atoms with van der Waals surface area (Å²) in [6.45, 7) is 0.660. The Morgan fingerprint density at radius 2 is 1.92 bits per heavy atom. The summed E-state index contributed by atoms with van der Waals surface area (Å²) in [5.74, 6) is -0.868. The fourth-order valence-electron chi connectivity index (χ4n) is 4.30. The van der Waals surface area contributed by atoms with Crippen LogP contribution in [0.5, 0.6) is 0 Å². The molecule has 1 saturated heterocycles. The molecule has 0 saturated carbocycles. The van der Waals surface area contributed by atoms with Gasteiger partial charge in [-0.3, -0.25) is 0 Å². The van der Waals surface area contributed by atoms with Crippen molar-refractivity contribution < 1.29 is 23.4 Å². The molecule has 1 amide bonds. The number of aromatic nitrogens is 2. The molecule has 0 aliphatic carbocycles. The van der Waals surface area contributed by atoms with E-state index in [4.69, 9.17) is 16.3 Å². The highest BCUT2D eigenvalue weighted by atomic mass is 35.5. The van der Waals surface area contributed by atoms with Gasteiger partial charge in [-0.2, -0.15) is 0 Å². The van der Waals surface area contributed by atoms with Crippen molar-refractivity contribution in [2.45, 2.75) is 23.2 Å². The summed E-state index contributed by atoms with van der Waals surface area (Å²) in [5, 5.41) is 9.80. The van der Waals surface area contributed by atoms with E-state index in [1.807, 2.05) is 30.3 Å². The molecule has 0 spiro atoms. The third kappa shape index (κ3) is 5.18. The Labute approximate surface area is 215 Å².